The van der Waals surface area contributed by atoms with Crippen LogP contribution in [0.15, 0.2) is 59.8 Å². The highest BCUT2D eigenvalue weighted by molar-refractivity contribution is 7.99. The lowest BCUT2D eigenvalue weighted by atomic mass is 10.2. The van der Waals surface area contributed by atoms with E-state index in [9.17, 15) is 4.79 Å². The molecule has 3 aromatic rings. The first-order chi connectivity index (χ1) is 12.2. The molecule has 2 aromatic carbocycles. The Morgan fingerprint density at radius 1 is 1.12 bits per heavy atom. The molecule has 1 aromatic heterocycles. The van der Waals surface area contributed by atoms with Gasteiger partial charge in [0.2, 0.25) is 11.1 Å². The number of aryl methyl sites for hydroxylation is 1. The molecule has 0 saturated carbocycles. The van der Waals surface area contributed by atoms with Crippen LogP contribution in [0.2, 0.25) is 0 Å². The second-order valence-corrected chi connectivity index (χ2v) is 6.34. The number of rotatable bonds is 6. The molecule has 0 radical (unpaired) electrons. The van der Waals surface area contributed by atoms with Gasteiger partial charge in [-0.25, -0.2) is 4.98 Å². The summed E-state index contributed by atoms with van der Waals surface area (Å²) in [5, 5.41) is 10.4. The van der Waals surface area contributed by atoms with Crippen molar-refractivity contribution in [1.82, 2.24) is 15.2 Å². The van der Waals surface area contributed by atoms with Crippen LogP contribution in [0.3, 0.4) is 0 Å². The summed E-state index contributed by atoms with van der Waals surface area (Å²) in [7, 11) is 0. The average molecular weight is 350 g/mol. The number of nitrogens with one attached hydrogen (secondary N) is 2. The number of aromatic nitrogens is 3. The van der Waals surface area contributed by atoms with Crippen molar-refractivity contribution >= 4 is 35.5 Å². The topological polar surface area (TPSA) is 70.7 Å². The predicted octanol–water partition coefficient (Wildman–Crippen LogP) is 4.01. The molecule has 1 heterocycles. The van der Waals surface area contributed by atoms with Gasteiger partial charge in [-0.3, -0.25) is 9.89 Å². The third-order valence-electron chi connectivity index (χ3n) is 3.47. The molecule has 3 rings (SSSR count). The highest BCUT2D eigenvalue weighted by Crippen LogP contribution is 2.16. The first kappa shape index (κ1) is 17.0. The average Bonchev–Trinajstić information content (AvgIpc) is 3.09. The summed E-state index contributed by atoms with van der Waals surface area (Å²) in [6.07, 6.45) is 3.82. The third kappa shape index (κ3) is 5.06. The van der Waals surface area contributed by atoms with Crippen LogP contribution in [0.1, 0.15) is 17.0 Å². The maximum absolute atomic E-state index is 12.0. The fourth-order valence-electron chi connectivity index (χ4n) is 2.17. The molecule has 5 nitrogen and oxygen atoms in total. The maximum atomic E-state index is 12.0. The molecule has 0 atom stereocenters. The summed E-state index contributed by atoms with van der Waals surface area (Å²) in [5.41, 5.74) is 2.95. The predicted molar refractivity (Wildman–Crippen MR) is 102 cm³/mol. The van der Waals surface area contributed by atoms with E-state index < -0.39 is 0 Å². The third-order valence-corrected chi connectivity index (χ3v) is 4.31. The van der Waals surface area contributed by atoms with Crippen LogP contribution in [0.25, 0.3) is 12.2 Å². The number of aromatic amines is 1. The van der Waals surface area contributed by atoms with Gasteiger partial charge in [0.15, 0.2) is 0 Å². The van der Waals surface area contributed by atoms with Gasteiger partial charge in [0.05, 0.1) is 5.75 Å². The Hall–Kier alpha value is -2.86. The van der Waals surface area contributed by atoms with E-state index in [2.05, 4.69) is 20.5 Å². The number of H-pyrrole nitrogens is 1. The normalized spacial score (nSPS) is 10.9. The zero-order valence-electron chi connectivity index (χ0n) is 13.8. The van der Waals surface area contributed by atoms with E-state index >= 15 is 0 Å². The molecule has 0 fully saturated rings. The molecular formula is C19H18N4OS. The number of amides is 1. The van der Waals surface area contributed by atoms with Gasteiger partial charge < -0.3 is 5.32 Å². The molecule has 2 N–H and O–H groups in total. The zero-order chi connectivity index (χ0) is 17.5. The van der Waals surface area contributed by atoms with Crippen molar-refractivity contribution in [2.45, 2.75) is 12.1 Å². The fourth-order valence-corrected chi connectivity index (χ4v) is 2.77. The highest BCUT2D eigenvalue weighted by atomic mass is 32.2. The smallest absolute Gasteiger partial charge is 0.234 e. The van der Waals surface area contributed by atoms with Gasteiger partial charge in [-0.2, -0.15) is 0 Å². The van der Waals surface area contributed by atoms with Crippen molar-refractivity contribution in [2.24, 2.45) is 0 Å². The second kappa shape index (κ2) is 8.30. The lowest BCUT2D eigenvalue weighted by Gasteiger charge is -2.06. The number of carbonyl (C=O) groups excluding carboxylic acids is 1. The van der Waals surface area contributed by atoms with Crippen molar-refractivity contribution in [3.63, 3.8) is 0 Å². The van der Waals surface area contributed by atoms with Crippen LogP contribution in [0, 0.1) is 6.92 Å². The van der Waals surface area contributed by atoms with Crippen LogP contribution in [-0.4, -0.2) is 26.8 Å². The van der Waals surface area contributed by atoms with Crippen molar-refractivity contribution in [2.75, 3.05) is 11.1 Å². The molecule has 0 unspecified atom stereocenters. The standard InChI is InChI=1S/C19H18N4OS/c1-14-7-5-6-10-16(14)20-18(24)13-25-19-21-17(22-23-19)12-11-15-8-3-2-4-9-15/h2-12H,13H2,1H3,(H,20,24)(H,21,22,23)/b12-11+. The molecule has 0 bridgehead atoms. The number of thioether (sulfide) groups is 1. The number of nitrogens with zero attached hydrogens (tertiary/aromatic N) is 2. The van der Waals surface area contributed by atoms with Gasteiger partial charge in [-0.1, -0.05) is 66.4 Å². The Balaban J connectivity index is 1.52. The lowest BCUT2D eigenvalue weighted by molar-refractivity contribution is -0.113. The monoisotopic (exact) mass is 350 g/mol. The van der Waals surface area contributed by atoms with E-state index in [1.54, 1.807) is 0 Å². The molecule has 0 spiro atoms. The van der Waals surface area contributed by atoms with E-state index in [1.807, 2.05) is 73.7 Å². The summed E-state index contributed by atoms with van der Waals surface area (Å²) in [6.45, 7) is 1.96. The van der Waals surface area contributed by atoms with Gasteiger partial charge in [0.25, 0.3) is 0 Å². The Kier molecular flexibility index (Phi) is 5.64. The Labute approximate surface area is 150 Å². The molecular weight excluding hydrogens is 332 g/mol. The number of benzene rings is 2. The molecule has 0 aliphatic carbocycles. The summed E-state index contributed by atoms with van der Waals surface area (Å²) in [4.78, 5) is 16.4. The molecule has 25 heavy (non-hydrogen) atoms. The minimum Gasteiger partial charge on any atom is -0.325 e. The maximum Gasteiger partial charge on any atom is 0.234 e. The van der Waals surface area contributed by atoms with E-state index in [4.69, 9.17) is 0 Å². The summed E-state index contributed by atoms with van der Waals surface area (Å²) in [5.74, 6) is 0.838. The zero-order valence-corrected chi connectivity index (χ0v) is 14.6. The number of carbonyl (C=O) groups is 1. The van der Waals surface area contributed by atoms with Gasteiger partial charge in [0, 0.05) is 5.69 Å². The van der Waals surface area contributed by atoms with Crippen LogP contribution < -0.4 is 5.32 Å². The van der Waals surface area contributed by atoms with E-state index in [1.165, 1.54) is 11.8 Å². The highest BCUT2D eigenvalue weighted by Gasteiger charge is 2.08. The first-order valence-corrected chi connectivity index (χ1v) is 8.83. The quantitative estimate of drug-likeness (QED) is 0.659. The number of hydrogen-bond donors (Lipinski definition) is 2. The lowest BCUT2D eigenvalue weighted by Crippen LogP contribution is -2.14. The summed E-state index contributed by atoms with van der Waals surface area (Å²) < 4.78 is 0. The largest absolute Gasteiger partial charge is 0.325 e. The molecule has 0 saturated heterocycles. The molecule has 6 heteroatoms. The van der Waals surface area contributed by atoms with Gasteiger partial charge in [0.1, 0.15) is 5.82 Å². The molecule has 126 valence electrons. The van der Waals surface area contributed by atoms with Crippen molar-refractivity contribution in [3.8, 4) is 0 Å². The minimum atomic E-state index is -0.0783. The van der Waals surface area contributed by atoms with Crippen LogP contribution >= 0.6 is 11.8 Å². The van der Waals surface area contributed by atoms with Gasteiger partial charge in [-0.15, -0.1) is 5.10 Å². The Morgan fingerprint density at radius 3 is 2.68 bits per heavy atom. The second-order valence-electron chi connectivity index (χ2n) is 5.40. The van der Waals surface area contributed by atoms with Gasteiger partial charge >= 0.3 is 0 Å². The van der Waals surface area contributed by atoms with Gasteiger partial charge in [-0.05, 0) is 30.2 Å². The molecule has 0 aliphatic rings. The van der Waals surface area contributed by atoms with Crippen molar-refractivity contribution < 1.29 is 4.79 Å². The SMILES string of the molecule is Cc1ccccc1NC(=O)CSc1n[nH]c(/C=C/c2ccccc2)n1. The van der Waals surface area contributed by atoms with E-state index in [0.717, 1.165) is 16.8 Å². The van der Waals surface area contributed by atoms with E-state index in [0.29, 0.717) is 11.0 Å². The summed E-state index contributed by atoms with van der Waals surface area (Å²) >= 11 is 1.30. The van der Waals surface area contributed by atoms with E-state index in [-0.39, 0.29) is 11.7 Å². The Bertz CT molecular complexity index is 874. The number of hydrogen-bond acceptors (Lipinski definition) is 4. The number of anilines is 1. The summed E-state index contributed by atoms with van der Waals surface area (Å²) in [6, 6.07) is 17.6. The van der Waals surface area contributed by atoms with Crippen LogP contribution in [-0.2, 0) is 4.79 Å². The van der Waals surface area contributed by atoms with Crippen LogP contribution in [0.5, 0.6) is 0 Å². The van der Waals surface area contributed by atoms with Crippen LogP contribution in [0.4, 0.5) is 5.69 Å². The molecule has 1 amide bonds. The van der Waals surface area contributed by atoms with Crippen molar-refractivity contribution in [1.29, 1.82) is 0 Å². The Morgan fingerprint density at radius 2 is 1.88 bits per heavy atom. The number of para-hydroxylation sites is 1. The van der Waals surface area contributed by atoms with Crippen molar-refractivity contribution in [3.05, 3.63) is 71.5 Å². The minimum absolute atomic E-state index is 0.0783. The first-order valence-electron chi connectivity index (χ1n) is 7.84. The molecule has 0 aliphatic heterocycles. The fraction of sp³-hybridized carbons (Fsp3) is 0.105.